The van der Waals surface area contributed by atoms with E-state index >= 15 is 0 Å². The Bertz CT molecular complexity index is 503. The number of nitrogens with zero attached hydrogens (tertiary/aromatic N) is 2. The summed E-state index contributed by atoms with van der Waals surface area (Å²) >= 11 is 0.800. The van der Waals surface area contributed by atoms with Crippen molar-refractivity contribution in [2.24, 2.45) is 0 Å². The van der Waals surface area contributed by atoms with Crippen LogP contribution in [0.4, 0.5) is 8.78 Å². The molecule has 1 aliphatic heterocycles. The van der Waals surface area contributed by atoms with Gasteiger partial charge in [0, 0.05) is 17.8 Å². The molecule has 0 aromatic carbocycles. The van der Waals surface area contributed by atoms with Crippen molar-refractivity contribution in [2.75, 3.05) is 6.54 Å². The Morgan fingerprint density at radius 1 is 1.61 bits per heavy atom. The van der Waals surface area contributed by atoms with Crippen LogP contribution in [0.2, 0.25) is 0 Å². The van der Waals surface area contributed by atoms with Crippen LogP contribution < -0.4 is 0 Å². The average molecular weight is 276 g/mol. The average Bonchev–Trinajstić information content (AvgIpc) is 2.81. The zero-order valence-corrected chi connectivity index (χ0v) is 10.2. The first-order chi connectivity index (χ1) is 8.30. The van der Waals surface area contributed by atoms with Gasteiger partial charge >= 0.3 is 5.97 Å². The number of likely N-dealkylation sites (tertiary alicyclic amines) is 1. The molecule has 18 heavy (non-hydrogen) atoms. The highest BCUT2D eigenvalue weighted by Crippen LogP contribution is 2.32. The minimum absolute atomic E-state index is 0.0954. The molecule has 8 heteroatoms. The van der Waals surface area contributed by atoms with E-state index in [4.69, 9.17) is 5.11 Å². The van der Waals surface area contributed by atoms with Crippen molar-refractivity contribution in [1.82, 2.24) is 9.88 Å². The topological polar surface area (TPSA) is 70.5 Å². The Hall–Kier alpha value is -1.57. The molecular formula is C10H10F2N2O3S. The van der Waals surface area contributed by atoms with Gasteiger partial charge in [-0.05, 0) is 6.92 Å². The number of aromatic nitrogens is 1. The van der Waals surface area contributed by atoms with Gasteiger partial charge in [0.2, 0.25) is 5.01 Å². The zero-order valence-electron chi connectivity index (χ0n) is 9.39. The van der Waals surface area contributed by atoms with E-state index in [-0.39, 0.29) is 17.1 Å². The number of carbonyl (C=O) groups excluding carboxylic acids is 1. The first kappa shape index (κ1) is 12.9. The summed E-state index contributed by atoms with van der Waals surface area (Å²) in [5, 5.41) is 9.73. The normalized spacial score (nSPS) is 22.2. The maximum atomic E-state index is 13.1. The van der Waals surface area contributed by atoms with Gasteiger partial charge in [-0.15, -0.1) is 11.3 Å². The molecule has 1 unspecified atom stereocenters. The fourth-order valence-electron chi connectivity index (χ4n) is 1.90. The predicted molar refractivity (Wildman–Crippen MR) is 59.1 cm³/mol. The smallest absolute Gasteiger partial charge is 0.365 e. The number of halogens is 2. The second kappa shape index (κ2) is 4.27. The number of hydrogen-bond donors (Lipinski definition) is 1. The van der Waals surface area contributed by atoms with Crippen LogP contribution in [0.25, 0.3) is 0 Å². The molecule has 1 N–H and O–H groups in total. The van der Waals surface area contributed by atoms with Gasteiger partial charge in [0.1, 0.15) is 5.69 Å². The van der Waals surface area contributed by atoms with Crippen LogP contribution in [-0.4, -0.2) is 45.4 Å². The standard InChI is InChI=1S/C10H10F2N2O3S/c1-5-2-10(11,12)4-14(5)8(15)6-3-18-7(13-6)9(16)17/h3,5H,2,4H2,1H3,(H,16,17). The Balaban J connectivity index is 2.19. The van der Waals surface area contributed by atoms with Crippen molar-refractivity contribution >= 4 is 23.2 Å². The van der Waals surface area contributed by atoms with Gasteiger partial charge in [-0.1, -0.05) is 0 Å². The maximum Gasteiger partial charge on any atom is 0.365 e. The minimum atomic E-state index is -2.89. The highest BCUT2D eigenvalue weighted by molar-refractivity contribution is 7.11. The van der Waals surface area contributed by atoms with Crippen LogP contribution >= 0.6 is 11.3 Å². The highest BCUT2D eigenvalue weighted by atomic mass is 32.1. The van der Waals surface area contributed by atoms with Crippen LogP contribution in [0.1, 0.15) is 33.6 Å². The Kier molecular flexibility index (Phi) is 3.05. The van der Waals surface area contributed by atoms with Crippen LogP contribution in [0.3, 0.4) is 0 Å². The van der Waals surface area contributed by atoms with E-state index in [2.05, 4.69) is 4.98 Å². The van der Waals surface area contributed by atoms with E-state index in [0.717, 1.165) is 16.2 Å². The highest BCUT2D eigenvalue weighted by Gasteiger charge is 2.45. The summed E-state index contributed by atoms with van der Waals surface area (Å²) in [6.07, 6.45) is -0.380. The number of alkyl halides is 2. The third-order valence-corrected chi connectivity index (χ3v) is 3.53. The summed E-state index contributed by atoms with van der Waals surface area (Å²) in [5.74, 6) is -4.77. The second-order valence-electron chi connectivity index (χ2n) is 4.19. The SMILES string of the molecule is CC1CC(F)(F)CN1C(=O)c1csc(C(=O)O)n1. The largest absolute Gasteiger partial charge is 0.476 e. The fourth-order valence-corrected chi connectivity index (χ4v) is 2.53. The van der Waals surface area contributed by atoms with E-state index in [0.29, 0.717) is 0 Å². The lowest BCUT2D eigenvalue weighted by atomic mass is 10.2. The number of carbonyl (C=O) groups is 2. The van der Waals surface area contributed by atoms with Gasteiger partial charge in [0.25, 0.3) is 11.8 Å². The molecule has 0 bridgehead atoms. The van der Waals surface area contributed by atoms with Gasteiger partial charge < -0.3 is 10.0 Å². The van der Waals surface area contributed by atoms with E-state index in [1.54, 1.807) is 0 Å². The molecular weight excluding hydrogens is 266 g/mol. The molecule has 0 spiro atoms. The number of thiazole rings is 1. The molecule has 0 saturated carbocycles. The number of amides is 1. The zero-order chi connectivity index (χ0) is 13.5. The second-order valence-corrected chi connectivity index (χ2v) is 5.04. The van der Waals surface area contributed by atoms with Crippen molar-refractivity contribution in [3.05, 3.63) is 16.1 Å². The molecule has 1 aromatic heterocycles. The first-order valence-electron chi connectivity index (χ1n) is 5.18. The number of rotatable bonds is 2. The fraction of sp³-hybridized carbons (Fsp3) is 0.500. The van der Waals surface area contributed by atoms with E-state index in [9.17, 15) is 18.4 Å². The van der Waals surface area contributed by atoms with E-state index in [1.165, 1.54) is 12.3 Å². The molecule has 1 fully saturated rings. The molecule has 1 aromatic rings. The van der Waals surface area contributed by atoms with Gasteiger partial charge in [0.05, 0.1) is 6.54 Å². The number of aromatic carboxylic acids is 1. The molecule has 2 heterocycles. The van der Waals surface area contributed by atoms with Crippen molar-refractivity contribution in [2.45, 2.75) is 25.3 Å². The molecule has 5 nitrogen and oxygen atoms in total. The summed E-state index contributed by atoms with van der Waals surface area (Å²) in [6, 6.07) is -0.581. The summed E-state index contributed by atoms with van der Waals surface area (Å²) in [5.41, 5.74) is -0.0954. The number of carboxylic acid groups (broad SMARTS) is 1. The van der Waals surface area contributed by atoms with Crippen molar-refractivity contribution in [3.8, 4) is 0 Å². The van der Waals surface area contributed by atoms with E-state index < -0.39 is 30.4 Å². The Morgan fingerprint density at radius 2 is 2.28 bits per heavy atom. The first-order valence-corrected chi connectivity index (χ1v) is 6.06. The lowest BCUT2D eigenvalue weighted by Gasteiger charge is -2.19. The molecule has 1 aliphatic rings. The summed E-state index contributed by atoms with van der Waals surface area (Å²) < 4.78 is 26.3. The molecule has 0 radical (unpaired) electrons. The van der Waals surface area contributed by atoms with Crippen LogP contribution in [0, 0.1) is 0 Å². The Labute approximate surface area is 105 Å². The maximum absolute atomic E-state index is 13.1. The lowest BCUT2D eigenvalue weighted by molar-refractivity contribution is 0.0117. The van der Waals surface area contributed by atoms with Crippen LogP contribution in [0.15, 0.2) is 5.38 Å². The third-order valence-electron chi connectivity index (χ3n) is 2.69. The van der Waals surface area contributed by atoms with Crippen molar-refractivity contribution in [1.29, 1.82) is 0 Å². The molecule has 98 valence electrons. The van der Waals surface area contributed by atoms with Gasteiger partial charge in [-0.25, -0.2) is 18.6 Å². The van der Waals surface area contributed by atoms with Crippen LogP contribution in [-0.2, 0) is 0 Å². The quantitative estimate of drug-likeness (QED) is 0.892. The molecule has 2 rings (SSSR count). The minimum Gasteiger partial charge on any atom is -0.476 e. The van der Waals surface area contributed by atoms with Gasteiger partial charge in [0.15, 0.2) is 0 Å². The summed E-state index contributed by atoms with van der Waals surface area (Å²) in [6.45, 7) is 0.885. The summed E-state index contributed by atoms with van der Waals surface area (Å²) in [7, 11) is 0. The van der Waals surface area contributed by atoms with E-state index in [1.807, 2.05) is 0 Å². The van der Waals surface area contributed by atoms with Crippen LogP contribution in [0.5, 0.6) is 0 Å². The molecule has 1 atom stereocenters. The van der Waals surface area contributed by atoms with Gasteiger partial charge in [-0.3, -0.25) is 4.79 Å². The summed E-state index contributed by atoms with van der Waals surface area (Å²) in [4.78, 5) is 27.2. The molecule has 0 aliphatic carbocycles. The van der Waals surface area contributed by atoms with Gasteiger partial charge in [-0.2, -0.15) is 0 Å². The third kappa shape index (κ3) is 2.33. The molecule has 1 saturated heterocycles. The van der Waals surface area contributed by atoms with Crippen molar-refractivity contribution < 1.29 is 23.5 Å². The molecule has 1 amide bonds. The monoisotopic (exact) mass is 276 g/mol. The Morgan fingerprint density at radius 3 is 2.72 bits per heavy atom. The lowest BCUT2D eigenvalue weighted by Crippen LogP contribution is -2.35. The van der Waals surface area contributed by atoms with Crippen molar-refractivity contribution in [3.63, 3.8) is 0 Å². The predicted octanol–water partition coefficient (Wildman–Crippen LogP) is 1.71. The number of hydrogen-bond acceptors (Lipinski definition) is 4. The number of carboxylic acids is 1.